The molecule has 0 aliphatic carbocycles. The Balaban J connectivity index is 1.42. The number of benzene rings is 2. The first-order chi connectivity index (χ1) is 14.7. The first kappa shape index (κ1) is 19.5. The number of nitriles is 1. The zero-order valence-electron chi connectivity index (χ0n) is 16.0. The predicted octanol–water partition coefficient (Wildman–Crippen LogP) is 4.60. The lowest BCUT2D eigenvalue weighted by Crippen LogP contribution is -2.31. The van der Waals surface area contributed by atoms with Gasteiger partial charge in [-0.15, -0.1) is 11.3 Å². The number of thiazole rings is 1. The average molecular weight is 411 g/mol. The second kappa shape index (κ2) is 8.68. The molecule has 2 heterocycles. The van der Waals surface area contributed by atoms with E-state index in [9.17, 15) is 14.9 Å². The normalized spacial score (nSPS) is 13.7. The van der Waals surface area contributed by atoms with Crippen LogP contribution in [0.25, 0.3) is 11.6 Å². The molecule has 2 aromatic carbocycles. The van der Waals surface area contributed by atoms with Crippen molar-refractivity contribution in [2.24, 2.45) is 0 Å². The summed E-state index contributed by atoms with van der Waals surface area (Å²) in [5, 5.41) is 12.0. The number of imide groups is 1. The number of carbonyl (C=O) groups excluding carboxylic acids is 2. The minimum atomic E-state index is -0.269. The van der Waals surface area contributed by atoms with E-state index in [0.29, 0.717) is 28.1 Å². The number of hydrogen-bond acceptors (Lipinski definition) is 5. The molecule has 5 nitrogen and oxygen atoms in total. The Morgan fingerprint density at radius 1 is 1.03 bits per heavy atom. The van der Waals surface area contributed by atoms with Gasteiger partial charge < -0.3 is 0 Å². The zero-order chi connectivity index (χ0) is 20.9. The maximum Gasteiger partial charge on any atom is 0.261 e. The second-order valence-corrected chi connectivity index (χ2v) is 7.52. The SMILES string of the molecule is N#C/C(=C\C=C\c1ccccc1)c1nc(CCN2C(=O)c3ccccc3C2=O)cs1. The number of aromatic nitrogens is 1. The topological polar surface area (TPSA) is 74.1 Å². The van der Waals surface area contributed by atoms with Crippen molar-refractivity contribution in [3.63, 3.8) is 0 Å². The molecule has 1 aliphatic heterocycles. The van der Waals surface area contributed by atoms with Gasteiger partial charge in [0.2, 0.25) is 0 Å². The van der Waals surface area contributed by atoms with Crippen molar-refractivity contribution in [1.29, 1.82) is 5.26 Å². The molecule has 0 N–H and O–H groups in total. The fourth-order valence-corrected chi connectivity index (χ4v) is 4.02. The molecule has 146 valence electrons. The molecule has 0 saturated heterocycles. The molecule has 0 fully saturated rings. The van der Waals surface area contributed by atoms with Gasteiger partial charge in [-0.2, -0.15) is 5.26 Å². The molecule has 3 aromatic rings. The summed E-state index contributed by atoms with van der Waals surface area (Å²) in [6.45, 7) is 0.259. The van der Waals surface area contributed by atoms with Gasteiger partial charge in [0.05, 0.1) is 22.4 Å². The van der Waals surface area contributed by atoms with Crippen molar-refractivity contribution in [1.82, 2.24) is 9.88 Å². The molecular weight excluding hydrogens is 394 g/mol. The summed E-state index contributed by atoms with van der Waals surface area (Å²) in [5.41, 5.74) is 3.16. The van der Waals surface area contributed by atoms with E-state index in [4.69, 9.17) is 0 Å². The molecule has 0 spiro atoms. The van der Waals surface area contributed by atoms with E-state index >= 15 is 0 Å². The largest absolute Gasteiger partial charge is 0.274 e. The smallest absolute Gasteiger partial charge is 0.261 e. The van der Waals surface area contributed by atoms with Crippen molar-refractivity contribution in [3.8, 4) is 6.07 Å². The molecule has 30 heavy (non-hydrogen) atoms. The first-order valence-electron chi connectivity index (χ1n) is 9.41. The van der Waals surface area contributed by atoms with E-state index in [1.807, 2.05) is 47.9 Å². The Labute approximate surface area is 178 Å². The van der Waals surface area contributed by atoms with Crippen LogP contribution in [0.5, 0.6) is 0 Å². The summed E-state index contributed by atoms with van der Waals surface area (Å²) in [7, 11) is 0. The van der Waals surface area contributed by atoms with Crippen LogP contribution in [0.4, 0.5) is 0 Å². The number of amides is 2. The van der Waals surface area contributed by atoms with Crippen molar-refractivity contribution in [3.05, 3.63) is 99.5 Å². The lowest BCUT2D eigenvalue weighted by atomic mass is 10.1. The van der Waals surface area contributed by atoms with Crippen LogP contribution in [-0.4, -0.2) is 28.2 Å². The van der Waals surface area contributed by atoms with Crippen molar-refractivity contribution >= 4 is 34.8 Å². The Hall–Kier alpha value is -3.82. The highest BCUT2D eigenvalue weighted by atomic mass is 32.1. The molecule has 0 bridgehead atoms. The Bertz CT molecular complexity index is 1170. The highest BCUT2D eigenvalue weighted by Gasteiger charge is 2.34. The zero-order valence-corrected chi connectivity index (χ0v) is 16.8. The van der Waals surface area contributed by atoms with Crippen molar-refractivity contribution in [2.45, 2.75) is 6.42 Å². The van der Waals surface area contributed by atoms with Gasteiger partial charge in [-0.1, -0.05) is 54.6 Å². The Morgan fingerprint density at radius 2 is 1.70 bits per heavy atom. The maximum atomic E-state index is 12.5. The van der Waals surface area contributed by atoms with Gasteiger partial charge in [0.15, 0.2) is 0 Å². The fraction of sp³-hybridized carbons (Fsp3) is 0.0833. The van der Waals surface area contributed by atoms with Gasteiger partial charge in [-0.25, -0.2) is 4.98 Å². The molecule has 1 aromatic heterocycles. The fourth-order valence-electron chi connectivity index (χ4n) is 3.19. The lowest BCUT2D eigenvalue weighted by molar-refractivity contribution is 0.0656. The summed E-state index contributed by atoms with van der Waals surface area (Å²) in [5.74, 6) is -0.538. The van der Waals surface area contributed by atoms with Gasteiger partial charge in [-0.05, 0) is 23.8 Å². The summed E-state index contributed by atoms with van der Waals surface area (Å²) in [6.07, 6.45) is 5.93. The quantitative estimate of drug-likeness (QED) is 0.337. The summed E-state index contributed by atoms with van der Waals surface area (Å²) in [6, 6.07) is 18.9. The van der Waals surface area contributed by atoms with Crippen LogP contribution in [-0.2, 0) is 6.42 Å². The molecule has 0 saturated carbocycles. The molecule has 4 rings (SSSR count). The van der Waals surface area contributed by atoms with E-state index in [1.54, 1.807) is 30.3 Å². The molecule has 2 amide bonds. The van der Waals surface area contributed by atoms with E-state index in [-0.39, 0.29) is 18.4 Å². The van der Waals surface area contributed by atoms with Gasteiger partial charge in [0, 0.05) is 18.3 Å². The predicted molar refractivity (Wildman–Crippen MR) is 117 cm³/mol. The molecule has 1 aliphatic rings. The number of carbonyl (C=O) groups is 2. The number of rotatable bonds is 6. The first-order valence-corrected chi connectivity index (χ1v) is 10.3. The molecule has 0 atom stereocenters. The maximum absolute atomic E-state index is 12.5. The van der Waals surface area contributed by atoms with Crippen LogP contribution in [0.1, 0.15) is 37.0 Å². The summed E-state index contributed by atoms with van der Waals surface area (Å²) in [4.78, 5) is 30.7. The molecular formula is C24H17N3O2S. The molecule has 0 radical (unpaired) electrons. The van der Waals surface area contributed by atoms with E-state index in [2.05, 4.69) is 11.1 Å². The number of hydrogen-bond donors (Lipinski definition) is 0. The Kier molecular flexibility index (Phi) is 5.64. The molecule has 6 heteroatoms. The third kappa shape index (κ3) is 3.97. The van der Waals surface area contributed by atoms with Gasteiger partial charge in [0.25, 0.3) is 11.8 Å². The Morgan fingerprint density at radius 3 is 2.37 bits per heavy atom. The van der Waals surface area contributed by atoms with Crippen LogP contribution < -0.4 is 0 Å². The summed E-state index contributed by atoms with van der Waals surface area (Å²) < 4.78 is 0. The van der Waals surface area contributed by atoms with Gasteiger partial charge in [-0.3, -0.25) is 14.5 Å². The molecule has 0 unspecified atom stereocenters. The van der Waals surface area contributed by atoms with Crippen LogP contribution in [0.15, 0.2) is 72.1 Å². The van der Waals surface area contributed by atoms with Crippen LogP contribution in [0.3, 0.4) is 0 Å². The summed E-state index contributed by atoms with van der Waals surface area (Å²) >= 11 is 1.38. The van der Waals surface area contributed by atoms with E-state index in [0.717, 1.165) is 11.3 Å². The van der Waals surface area contributed by atoms with E-state index < -0.39 is 0 Å². The number of allylic oxidation sites excluding steroid dienone is 3. The van der Waals surface area contributed by atoms with Crippen LogP contribution in [0, 0.1) is 11.3 Å². The number of nitrogens with zero attached hydrogens (tertiary/aromatic N) is 3. The number of fused-ring (bicyclic) bond motifs is 1. The highest BCUT2D eigenvalue weighted by Crippen LogP contribution is 2.24. The minimum Gasteiger partial charge on any atom is -0.274 e. The highest BCUT2D eigenvalue weighted by molar-refractivity contribution is 7.10. The van der Waals surface area contributed by atoms with E-state index in [1.165, 1.54) is 16.2 Å². The monoisotopic (exact) mass is 411 g/mol. The lowest BCUT2D eigenvalue weighted by Gasteiger charge is -2.12. The third-order valence-electron chi connectivity index (χ3n) is 4.72. The van der Waals surface area contributed by atoms with Crippen molar-refractivity contribution in [2.75, 3.05) is 6.54 Å². The average Bonchev–Trinajstić information content (AvgIpc) is 3.34. The van der Waals surface area contributed by atoms with Gasteiger partial charge in [0.1, 0.15) is 11.1 Å². The minimum absolute atomic E-state index is 0.259. The van der Waals surface area contributed by atoms with Crippen LogP contribution >= 0.6 is 11.3 Å². The van der Waals surface area contributed by atoms with Crippen molar-refractivity contribution < 1.29 is 9.59 Å². The third-order valence-corrected chi connectivity index (χ3v) is 5.65. The van der Waals surface area contributed by atoms with Crippen LogP contribution in [0.2, 0.25) is 0 Å². The van der Waals surface area contributed by atoms with Gasteiger partial charge >= 0.3 is 0 Å². The second-order valence-electron chi connectivity index (χ2n) is 6.66. The standard InChI is InChI=1S/C24H17N3O2S/c25-15-18(10-6-9-17-7-2-1-3-8-17)22-26-19(16-30-22)13-14-27-23(28)20-11-4-5-12-21(20)24(27)29/h1-12,16H,13-14H2/b9-6+,18-10+.